The molecule has 4 N–H and O–H groups in total. The summed E-state index contributed by atoms with van der Waals surface area (Å²) in [5.41, 5.74) is 3.95. The van der Waals surface area contributed by atoms with Gasteiger partial charge in [-0.25, -0.2) is 13.2 Å². The third-order valence-corrected chi connectivity index (χ3v) is 5.21. The van der Waals surface area contributed by atoms with Crippen LogP contribution in [0.5, 0.6) is 0 Å². The monoisotopic (exact) mass is 451 g/mol. The number of amides is 2. The van der Waals surface area contributed by atoms with Crippen LogP contribution in [0, 0.1) is 23.4 Å². The molecule has 1 unspecified atom stereocenters. The molecule has 2 aromatic rings. The van der Waals surface area contributed by atoms with E-state index in [0.29, 0.717) is 6.42 Å². The second kappa shape index (κ2) is 7.35. The van der Waals surface area contributed by atoms with E-state index >= 15 is 0 Å². The first-order chi connectivity index (χ1) is 13.0. The fourth-order valence-corrected chi connectivity index (χ4v) is 3.12. The topological polar surface area (TPSA) is 84.2 Å². The van der Waals surface area contributed by atoms with Crippen molar-refractivity contribution in [2.75, 3.05) is 16.4 Å². The van der Waals surface area contributed by atoms with E-state index in [1.54, 1.807) is 0 Å². The number of nitrogens with one attached hydrogen (secondary N) is 2. The zero-order chi connectivity index (χ0) is 20.8. The molecule has 28 heavy (non-hydrogen) atoms. The molecule has 0 aliphatic heterocycles. The van der Waals surface area contributed by atoms with E-state index in [1.807, 2.05) is 0 Å². The van der Waals surface area contributed by atoms with Gasteiger partial charge in [0.1, 0.15) is 4.33 Å². The quantitative estimate of drug-likeness (QED) is 0.356. The summed E-state index contributed by atoms with van der Waals surface area (Å²) in [5, 5.41) is 4.57. The molecule has 0 bridgehead atoms. The molecule has 1 fully saturated rings. The normalized spacial score (nSPS) is 17.1. The van der Waals surface area contributed by atoms with Crippen LogP contribution in [0.3, 0.4) is 0 Å². The second-order valence-corrected chi connectivity index (χ2v) is 8.06. The standard InChI is InChI=1S/C17H11Cl3F3N3O2/c18-9-2-1-6(25-16(28)8-5-17(8,19)20)3-7(9)15(27)26-11-4-10(24)12(21)14(23)13(11)22/h1-4,8H,5,24H2,(H,25,28)(H,26,27). The van der Waals surface area contributed by atoms with Crippen molar-refractivity contribution in [1.82, 2.24) is 0 Å². The summed E-state index contributed by atoms with van der Waals surface area (Å²) in [7, 11) is 0. The van der Waals surface area contributed by atoms with Gasteiger partial charge in [0.05, 0.1) is 27.9 Å². The van der Waals surface area contributed by atoms with E-state index in [4.69, 9.17) is 40.5 Å². The summed E-state index contributed by atoms with van der Waals surface area (Å²) < 4.78 is 39.4. The van der Waals surface area contributed by atoms with Crippen LogP contribution in [0.25, 0.3) is 0 Å². The first kappa shape index (κ1) is 20.6. The molecule has 1 aliphatic carbocycles. The van der Waals surface area contributed by atoms with Crippen molar-refractivity contribution >= 4 is 63.7 Å². The van der Waals surface area contributed by atoms with Crippen LogP contribution in [-0.4, -0.2) is 16.1 Å². The molecule has 2 aromatic carbocycles. The van der Waals surface area contributed by atoms with Gasteiger partial charge in [-0.1, -0.05) is 11.6 Å². The summed E-state index contributed by atoms with van der Waals surface area (Å²) in [5.74, 6) is -6.97. The molecule has 0 heterocycles. The fraction of sp³-hybridized carbons (Fsp3) is 0.176. The van der Waals surface area contributed by atoms with Crippen LogP contribution >= 0.6 is 34.8 Å². The van der Waals surface area contributed by atoms with Crippen molar-refractivity contribution in [3.05, 3.63) is 52.3 Å². The van der Waals surface area contributed by atoms with E-state index in [9.17, 15) is 22.8 Å². The van der Waals surface area contributed by atoms with Crippen LogP contribution in [0.15, 0.2) is 24.3 Å². The molecule has 148 valence electrons. The zero-order valence-corrected chi connectivity index (χ0v) is 16.0. The van der Waals surface area contributed by atoms with Crippen LogP contribution in [0.4, 0.5) is 30.2 Å². The van der Waals surface area contributed by atoms with Crippen LogP contribution < -0.4 is 16.4 Å². The maximum absolute atomic E-state index is 13.8. The number of carbonyl (C=O) groups excluding carboxylic acids is 2. The number of anilines is 3. The molecule has 3 rings (SSSR count). The molecule has 0 saturated heterocycles. The van der Waals surface area contributed by atoms with Gasteiger partial charge in [-0.3, -0.25) is 9.59 Å². The van der Waals surface area contributed by atoms with Gasteiger partial charge in [-0.15, -0.1) is 23.2 Å². The van der Waals surface area contributed by atoms with Gasteiger partial charge in [0.15, 0.2) is 17.5 Å². The summed E-state index contributed by atoms with van der Waals surface area (Å²) in [6.07, 6.45) is 0.291. The molecular formula is C17H11Cl3F3N3O2. The average molecular weight is 453 g/mol. The third-order valence-electron chi connectivity index (χ3n) is 4.04. The summed E-state index contributed by atoms with van der Waals surface area (Å²) in [4.78, 5) is 24.5. The SMILES string of the molecule is Nc1cc(NC(=O)c2cc(NC(=O)C3CC3(Cl)Cl)ccc2Cl)c(F)c(F)c1F. The number of hydrogen-bond acceptors (Lipinski definition) is 3. The minimum Gasteiger partial charge on any atom is -0.396 e. The Morgan fingerprint density at radius 3 is 2.32 bits per heavy atom. The molecule has 0 aromatic heterocycles. The second-order valence-electron chi connectivity index (χ2n) is 6.11. The maximum Gasteiger partial charge on any atom is 0.257 e. The fourth-order valence-electron chi connectivity index (χ4n) is 2.41. The third kappa shape index (κ3) is 3.99. The molecule has 1 saturated carbocycles. The van der Waals surface area contributed by atoms with Crippen LogP contribution in [0.1, 0.15) is 16.8 Å². The van der Waals surface area contributed by atoms with Crippen molar-refractivity contribution in [3.8, 4) is 0 Å². The Hall–Kier alpha value is -2.16. The smallest absolute Gasteiger partial charge is 0.257 e. The van der Waals surface area contributed by atoms with Gasteiger partial charge in [0.2, 0.25) is 5.91 Å². The summed E-state index contributed by atoms with van der Waals surface area (Å²) >= 11 is 17.6. The van der Waals surface area contributed by atoms with Crippen molar-refractivity contribution in [2.45, 2.75) is 10.8 Å². The lowest BCUT2D eigenvalue weighted by Crippen LogP contribution is -2.18. The molecule has 5 nitrogen and oxygen atoms in total. The van der Waals surface area contributed by atoms with E-state index in [1.165, 1.54) is 18.2 Å². The highest BCUT2D eigenvalue weighted by atomic mass is 35.5. The van der Waals surface area contributed by atoms with Crippen molar-refractivity contribution in [2.24, 2.45) is 5.92 Å². The number of rotatable bonds is 4. The Kier molecular flexibility index (Phi) is 5.40. The molecule has 11 heteroatoms. The van der Waals surface area contributed by atoms with Gasteiger partial charge in [0.25, 0.3) is 5.91 Å². The lowest BCUT2D eigenvalue weighted by atomic mass is 10.1. The number of halogens is 6. The van der Waals surface area contributed by atoms with Crippen molar-refractivity contribution in [3.63, 3.8) is 0 Å². The molecule has 1 atom stereocenters. The Labute approximate surface area is 171 Å². The number of hydrogen-bond donors (Lipinski definition) is 3. The van der Waals surface area contributed by atoms with E-state index in [2.05, 4.69) is 10.6 Å². The summed E-state index contributed by atoms with van der Waals surface area (Å²) in [6, 6.07) is 4.71. The predicted molar refractivity (Wildman–Crippen MR) is 101 cm³/mol. The highest BCUT2D eigenvalue weighted by Gasteiger charge is 2.56. The lowest BCUT2D eigenvalue weighted by Gasteiger charge is -2.12. The highest BCUT2D eigenvalue weighted by molar-refractivity contribution is 6.52. The van der Waals surface area contributed by atoms with E-state index in [0.717, 1.165) is 6.07 Å². The highest BCUT2D eigenvalue weighted by Crippen LogP contribution is 2.53. The van der Waals surface area contributed by atoms with Crippen molar-refractivity contribution in [1.29, 1.82) is 0 Å². The summed E-state index contributed by atoms with van der Waals surface area (Å²) in [6.45, 7) is 0. The zero-order valence-electron chi connectivity index (χ0n) is 13.8. The number of nitrogen functional groups attached to an aromatic ring is 1. The largest absolute Gasteiger partial charge is 0.396 e. The predicted octanol–water partition coefficient (Wildman–Crippen LogP) is 4.72. The van der Waals surface area contributed by atoms with E-state index in [-0.39, 0.29) is 16.3 Å². The molecule has 0 radical (unpaired) electrons. The van der Waals surface area contributed by atoms with Crippen molar-refractivity contribution < 1.29 is 22.8 Å². The van der Waals surface area contributed by atoms with E-state index < -0.39 is 50.9 Å². The molecular weight excluding hydrogens is 442 g/mol. The number of carbonyl (C=O) groups is 2. The van der Waals surface area contributed by atoms with Gasteiger partial charge >= 0.3 is 0 Å². The maximum atomic E-state index is 13.8. The molecule has 2 amide bonds. The number of benzene rings is 2. The first-order valence-electron chi connectivity index (χ1n) is 7.74. The van der Waals surface area contributed by atoms with Gasteiger partial charge in [0, 0.05) is 5.69 Å². The minimum absolute atomic E-state index is 0.0260. The Bertz CT molecular complexity index is 1000. The molecule has 0 spiro atoms. The Balaban J connectivity index is 1.82. The minimum atomic E-state index is -1.82. The van der Waals surface area contributed by atoms with Crippen LogP contribution in [0.2, 0.25) is 5.02 Å². The molecule has 1 aliphatic rings. The Morgan fingerprint density at radius 1 is 1.07 bits per heavy atom. The first-order valence-corrected chi connectivity index (χ1v) is 8.87. The van der Waals surface area contributed by atoms with Gasteiger partial charge < -0.3 is 16.4 Å². The number of alkyl halides is 2. The van der Waals surface area contributed by atoms with Gasteiger partial charge in [-0.05, 0) is 30.7 Å². The Morgan fingerprint density at radius 2 is 1.71 bits per heavy atom. The number of nitrogens with two attached hydrogens (primary N) is 1. The lowest BCUT2D eigenvalue weighted by molar-refractivity contribution is -0.117. The van der Waals surface area contributed by atoms with Gasteiger partial charge in [-0.2, -0.15) is 0 Å². The average Bonchev–Trinajstić information content (AvgIpc) is 3.28. The van der Waals surface area contributed by atoms with Crippen LogP contribution in [-0.2, 0) is 4.79 Å².